The summed E-state index contributed by atoms with van der Waals surface area (Å²) in [5.41, 5.74) is 7.05. The molecule has 0 unspecified atom stereocenters. The molecule has 1 saturated heterocycles. The summed E-state index contributed by atoms with van der Waals surface area (Å²) in [7, 11) is 0. The molecule has 1 aliphatic rings. The minimum atomic E-state index is -0.618. The number of piperidine rings is 1. The zero-order valence-corrected chi connectivity index (χ0v) is 12.8. The van der Waals surface area contributed by atoms with Gasteiger partial charge < -0.3 is 15.1 Å². The lowest BCUT2D eigenvalue weighted by molar-refractivity contribution is -0.137. The molecule has 0 bridgehead atoms. The van der Waals surface area contributed by atoms with E-state index in [1.807, 2.05) is 47.4 Å². The number of nitrogens with zero attached hydrogens (tertiary/aromatic N) is 1. The Morgan fingerprint density at radius 1 is 1.27 bits per heavy atom. The smallest absolute Gasteiger partial charge is 0.244 e. The largest absolute Gasteiger partial charge is 0.467 e. The van der Waals surface area contributed by atoms with E-state index in [0.29, 0.717) is 5.92 Å². The number of nitrogens with two attached hydrogens (primary N) is 1. The van der Waals surface area contributed by atoms with Crippen LogP contribution in [0.2, 0.25) is 0 Å². The molecule has 4 nitrogen and oxygen atoms in total. The van der Waals surface area contributed by atoms with Crippen molar-refractivity contribution in [1.29, 1.82) is 0 Å². The molecule has 1 aliphatic heterocycles. The minimum Gasteiger partial charge on any atom is -0.467 e. The van der Waals surface area contributed by atoms with Gasteiger partial charge in [-0.25, -0.2) is 0 Å². The van der Waals surface area contributed by atoms with Gasteiger partial charge >= 0.3 is 0 Å². The Morgan fingerprint density at radius 2 is 2.05 bits per heavy atom. The molecule has 1 amide bonds. The first kappa shape index (κ1) is 14.9. The quantitative estimate of drug-likeness (QED) is 0.946. The van der Waals surface area contributed by atoms with Crippen LogP contribution in [-0.4, -0.2) is 17.4 Å². The highest BCUT2D eigenvalue weighted by atomic mass is 16.3. The third kappa shape index (κ3) is 2.92. The molecule has 2 heterocycles. The number of hydrogen-bond donors (Lipinski definition) is 1. The maximum atomic E-state index is 12.9. The molecule has 1 aromatic carbocycles. The SMILES string of the molecule is C[C@@H]1CCN(C(=O)[C@H](N)c2ccccc2)[C@H](c2ccco2)C1. The first-order valence-electron chi connectivity index (χ1n) is 7.81. The molecule has 4 heteroatoms. The second-order valence-corrected chi connectivity index (χ2v) is 6.08. The van der Waals surface area contributed by atoms with Gasteiger partial charge in [-0.3, -0.25) is 4.79 Å². The first-order chi connectivity index (χ1) is 10.7. The maximum Gasteiger partial charge on any atom is 0.244 e. The van der Waals surface area contributed by atoms with Crippen LogP contribution in [0.1, 0.15) is 43.2 Å². The van der Waals surface area contributed by atoms with Crippen LogP contribution in [0.4, 0.5) is 0 Å². The van der Waals surface area contributed by atoms with Crippen LogP contribution in [0.3, 0.4) is 0 Å². The van der Waals surface area contributed by atoms with E-state index in [1.54, 1.807) is 6.26 Å². The highest BCUT2D eigenvalue weighted by Crippen LogP contribution is 2.35. The van der Waals surface area contributed by atoms with Gasteiger partial charge in [-0.15, -0.1) is 0 Å². The lowest BCUT2D eigenvalue weighted by Gasteiger charge is -2.38. The summed E-state index contributed by atoms with van der Waals surface area (Å²) < 4.78 is 5.55. The summed E-state index contributed by atoms with van der Waals surface area (Å²) in [6.07, 6.45) is 3.58. The molecule has 116 valence electrons. The van der Waals surface area contributed by atoms with Crippen molar-refractivity contribution in [3.8, 4) is 0 Å². The molecule has 3 atom stereocenters. The van der Waals surface area contributed by atoms with Crippen molar-refractivity contribution in [3.05, 3.63) is 60.1 Å². The third-order valence-corrected chi connectivity index (χ3v) is 4.44. The summed E-state index contributed by atoms with van der Waals surface area (Å²) in [4.78, 5) is 14.8. The topological polar surface area (TPSA) is 59.5 Å². The van der Waals surface area contributed by atoms with Crippen LogP contribution >= 0.6 is 0 Å². The van der Waals surface area contributed by atoms with Gasteiger partial charge in [0.05, 0.1) is 12.3 Å². The van der Waals surface area contributed by atoms with E-state index in [4.69, 9.17) is 10.2 Å². The zero-order chi connectivity index (χ0) is 15.5. The molecule has 1 fully saturated rings. The average Bonchev–Trinajstić information content (AvgIpc) is 3.08. The Hall–Kier alpha value is -2.07. The van der Waals surface area contributed by atoms with Gasteiger partial charge in [-0.2, -0.15) is 0 Å². The van der Waals surface area contributed by atoms with Crippen molar-refractivity contribution in [2.45, 2.75) is 31.8 Å². The van der Waals surface area contributed by atoms with Gasteiger partial charge in [-0.1, -0.05) is 37.3 Å². The Labute approximate surface area is 130 Å². The number of carbonyl (C=O) groups is 1. The molecule has 2 aromatic rings. The normalized spacial score (nSPS) is 23.3. The molecule has 22 heavy (non-hydrogen) atoms. The van der Waals surface area contributed by atoms with Crippen molar-refractivity contribution >= 4 is 5.91 Å². The lowest BCUT2D eigenvalue weighted by atomic mass is 9.90. The van der Waals surface area contributed by atoms with Crippen LogP contribution in [0.25, 0.3) is 0 Å². The predicted molar refractivity (Wildman–Crippen MR) is 84.9 cm³/mol. The molecule has 0 spiro atoms. The summed E-state index contributed by atoms with van der Waals surface area (Å²) in [5, 5.41) is 0. The van der Waals surface area contributed by atoms with Crippen LogP contribution in [-0.2, 0) is 4.79 Å². The van der Waals surface area contributed by atoms with Crippen LogP contribution in [0.5, 0.6) is 0 Å². The third-order valence-electron chi connectivity index (χ3n) is 4.44. The van der Waals surface area contributed by atoms with Gasteiger partial charge in [0.15, 0.2) is 0 Å². The van der Waals surface area contributed by atoms with Gasteiger partial charge in [0.25, 0.3) is 0 Å². The second kappa shape index (κ2) is 6.36. The van der Waals surface area contributed by atoms with Crippen molar-refractivity contribution in [2.75, 3.05) is 6.54 Å². The summed E-state index contributed by atoms with van der Waals surface area (Å²) in [5.74, 6) is 1.40. The standard InChI is InChI=1S/C18H22N2O2/c1-13-9-10-20(15(12-13)16-8-5-11-22-16)18(21)17(19)14-6-3-2-4-7-14/h2-8,11,13,15,17H,9-10,12,19H2,1H3/t13-,15+,17-/m1/s1. The van der Waals surface area contributed by atoms with E-state index in [-0.39, 0.29) is 11.9 Å². The summed E-state index contributed by atoms with van der Waals surface area (Å²) >= 11 is 0. The van der Waals surface area contributed by atoms with Crippen LogP contribution in [0, 0.1) is 5.92 Å². The first-order valence-corrected chi connectivity index (χ1v) is 7.81. The number of furan rings is 1. The highest BCUT2D eigenvalue weighted by Gasteiger charge is 2.35. The molecular formula is C18H22N2O2. The molecule has 0 saturated carbocycles. The number of benzene rings is 1. The fraction of sp³-hybridized carbons (Fsp3) is 0.389. The highest BCUT2D eigenvalue weighted by molar-refractivity contribution is 5.83. The average molecular weight is 298 g/mol. The fourth-order valence-corrected chi connectivity index (χ4v) is 3.14. The van der Waals surface area contributed by atoms with E-state index in [2.05, 4.69) is 6.92 Å². The van der Waals surface area contributed by atoms with E-state index >= 15 is 0 Å². The monoisotopic (exact) mass is 298 g/mol. The molecule has 0 aliphatic carbocycles. The number of likely N-dealkylation sites (tertiary alicyclic amines) is 1. The molecule has 0 radical (unpaired) electrons. The summed E-state index contributed by atoms with van der Waals surface area (Å²) in [6.45, 7) is 2.95. The molecule has 2 N–H and O–H groups in total. The molecule has 1 aromatic heterocycles. The predicted octanol–water partition coefficient (Wildman–Crippen LogP) is 3.28. The molecular weight excluding hydrogens is 276 g/mol. The fourth-order valence-electron chi connectivity index (χ4n) is 3.14. The Bertz CT molecular complexity index is 609. The van der Waals surface area contributed by atoms with Crippen molar-refractivity contribution in [2.24, 2.45) is 11.7 Å². The lowest BCUT2D eigenvalue weighted by Crippen LogP contribution is -2.44. The van der Waals surface area contributed by atoms with E-state index < -0.39 is 6.04 Å². The van der Waals surface area contributed by atoms with Gasteiger partial charge in [-0.05, 0) is 36.5 Å². The number of amides is 1. The second-order valence-electron chi connectivity index (χ2n) is 6.08. The maximum absolute atomic E-state index is 12.9. The van der Waals surface area contributed by atoms with Crippen LogP contribution in [0.15, 0.2) is 53.1 Å². The van der Waals surface area contributed by atoms with Crippen LogP contribution < -0.4 is 5.73 Å². The van der Waals surface area contributed by atoms with E-state index in [1.165, 1.54) is 0 Å². The van der Waals surface area contributed by atoms with Crippen molar-refractivity contribution < 1.29 is 9.21 Å². The Morgan fingerprint density at radius 3 is 2.73 bits per heavy atom. The van der Waals surface area contributed by atoms with E-state index in [0.717, 1.165) is 30.7 Å². The van der Waals surface area contributed by atoms with Crippen molar-refractivity contribution in [1.82, 2.24) is 4.90 Å². The van der Waals surface area contributed by atoms with Gasteiger partial charge in [0, 0.05) is 6.54 Å². The van der Waals surface area contributed by atoms with Gasteiger partial charge in [0.2, 0.25) is 5.91 Å². The molecule has 3 rings (SSSR count). The minimum absolute atomic E-state index is 0.0130. The zero-order valence-electron chi connectivity index (χ0n) is 12.8. The number of hydrogen-bond acceptors (Lipinski definition) is 3. The number of carbonyl (C=O) groups excluding carboxylic acids is 1. The van der Waals surface area contributed by atoms with Gasteiger partial charge in [0.1, 0.15) is 11.8 Å². The Balaban J connectivity index is 1.83. The Kier molecular flexibility index (Phi) is 4.29. The van der Waals surface area contributed by atoms with E-state index in [9.17, 15) is 4.79 Å². The number of rotatable bonds is 3. The van der Waals surface area contributed by atoms with Crippen molar-refractivity contribution in [3.63, 3.8) is 0 Å². The summed E-state index contributed by atoms with van der Waals surface area (Å²) in [6, 6.07) is 12.7.